The van der Waals surface area contributed by atoms with Crippen LogP contribution in [0.3, 0.4) is 0 Å². The number of Topliss-reactive ketones (excluding diaryl/α,β-unsaturated/α-hetero) is 1. The maximum absolute atomic E-state index is 12.4. The Labute approximate surface area is 99.4 Å². The largest absolute Gasteiger partial charge is 0.298 e. The van der Waals surface area contributed by atoms with Crippen LogP contribution in [0.4, 0.5) is 0 Å². The van der Waals surface area contributed by atoms with Crippen LogP contribution in [0.2, 0.25) is 0 Å². The van der Waals surface area contributed by atoms with E-state index < -0.39 is 0 Å². The SMILES string of the molecule is CCCCN1CCC[C@]12C(=O)CCC[C@H]2C. The summed E-state index contributed by atoms with van der Waals surface area (Å²) in [6.07, 6.45) is 8.00. The highest BCUT2D eigenvalue weighted by Crippen LogP contribution is 2.43. The van der Waals surface area contributed by atoms with Crippen molar-refractivity contribution in [2.75, 3.05) is 13.1 Å². The molecule has 92 valence electrons. The molecule has 1 aliphatic heterocycles. The van der Waals surface area contributed by atoms with E-state index in [2.05, 4.69) is 18.7 Å². The lowest BCUT2D eigenvalue weighted by Gasteiger charge is -2.45. The third-order valence-electron chi connectivity index (χ3n) is 4.67. The molecule has 0 aromatic rings. The summed E-state index contributed by atoms with van der Waals surface area (Å²) in [4.78, 5) is 14.9. The van der Waals surface area contributed by atoms with Crippen LogP contribution >= 0.6 is 0 Å². The molecule has 0 radical (unpaired) electrons. The van der Waals surface area contributed by atoms with Crippen molar-refractivity contribution in [2.45, 2.75) is 64.3 Å². The van der Waals surface area contributed by atoms with Crippen LogP contribution in [-0.2, 0) is 4.79 Å². The van der Waals surface area contributed by atoms with Gasteiger partial charge in [-0.05, 0) is 51.1 Å². The van der Waals surface area contributed by atoms with E-state index in [-0.39, 0.29) is 5.54 Å². The van der Waals surface area contributed by atoms with Crippen LogP contribution in [0, 0.1) is 5.92 Å². The lowest BCUT2D eigenvalue weighted by Crippen LogP contribution is -2.57. The molecule has 0 amide bonds. The fraction of sp³-hybridized carbons (Fsp3) is 0.929. The van der Waals surface area contributed by atoms with Gasteiger partial charge >= 0.3 is 0 Å². The Kier molecular flexibility index (Phi) is 3.68. The smallest absolute Gasteiger partial charge is 0.153 e. The summed E-state index contributed by atoms with van der Waals surface area (Å²) in [5.41, 5.74) is -0.0482. The van der Waals surface area contributed by atoms with Crippen LogP contribution in [-0.4, -0.2) is 29.3 Å². The second-order valence-corrected chi connectivity index (χ2v) is 5.58. The zero-order valence-electron chi connectivity index (χ0n) is 10.8. The van der Waals surface area contributed by atoms with Gasteiger partial charge in [0.15, 0.2) is 5.78 Å². The van der Waals surface area contributed by atoms with Gasteiger partial charge in [0.2, 0.25) is 0 Å². The average molecular weight is 223 g/mol. The fourth-order valence-corrected chi connectivity index (χ4v) is 3.73. The molecule has 1 heterocycles. The quantitative estimate of drug-likeness (QED) is 0.733. The minimum atomic E-state index is -0.0482. The minimum absolute atomic E-state index is 0.0482. The van der Waals surface area contributed by atoms with Crippen molar-refractivity contribution < 1.29 is 4.79 Å². The van der Waals surface area contributed by atoms with Crippen LogP contribution in [0.1, 0.15) is 58.8 Å². The van der Waals surface area contributed by atoms with Gasteiger partial charge in [-0.1, -0.05) is 20.3 Å². The van der Waals surface area contributed by atoms with Gasteiger partial charge < -0.3 is 0 Å². The molecule has 0 aromatic carbocycles. The van der Waals surface area contributed by atoms with E-state index in [9.17, 15) is 4.79 Å². The van der Waals surface area contributed by atoms with Gasteiger partial charge in [0.05, 0.1) is 5.54 Å². The lowest BCUT2D eigenvalue weighted by atomic mass is 9.71. The molecule has 1 saturated heterocycles. The van der Waals surface area contributed by atoms with Gasteiger partial charge in [-0.15, -0.1) is 0 Å². The van der Waals surface area contributed by atoms with Gasteiger partial charge in [-0.25, -0.2) is 0 Å². The Morgan fingerprint density at radius 1 is 1.44 bits per heavy atom. The summed E-state index contributed by atoms with van der Waals surface area (Å²) in [5, 5.41) is 0. The van der Waals surface area contributed by atoms with Gasteiger partial charge in [0.25, 0.3) is 0 Å². The standard InChI is InChI=1S/C14H25NO/c1-3-4-10-15-11-6-9-14(15)12(2)7-5-8-13(14)16/h12H,3-11H2,1-2H3/t12-,14+/m1/s1. The number of carbonyl (C=O) groups excluding carboxylic acids is 1. The Morgan fingerprint density at radius 2 is 2.25 bits per heavy atom. The van der Waals surface area contributed by atoms with Crippen molar-refractivity contribution in [1.82, 2.24) is 4.90 Å². The van der Waals surface area contributed by atoms with Crippen molar-refractivity contribution in [3.63, 3.8) is 0 Å². The molecule has 1 aliphatic carbocycles. The normalized spacial score (nSPS) is 36.1. The Balaban J connectivity index is 2.15. The number of hydrogen-bond donors (Lipinski definition) is 0. The van der Waals surface area contributed by atoms with Crippen molar-refractivity contribution >= 4 is 5.78 Å². The topological polar surface area (TPSA) is 20.3 Å². The second-order valence-electron chi connectivity index (χ2n) is 5.58. The number of likely N-dealkylation sites (tertiary alicyclic amines) is 1. The van der Waals surface area contributed by atoms with E-state index in [1.54, 1.807) is 0 Å². The number of ketones is 1. The third-order valence-corrected chi connectivity index (χ3v) is 4.67. The van der Waals surface area contributed by atoms with E-state index in [1.807, 2.05) is 0 Å². The molecule has 2 fully saturated rings. The molecule has 2 atom stereocenters. The molecule has 2 heteroatoms. The molecule has 0 bridgehead atoms. The summed E-state index contributed by atoms with van der Waals surface area (Å²) in [5.74, 6) is 1.12. The molecule has 0 N–H and O–H groups in total. The Morgan fingerprint density at radius 3 is 2.94 bits per heavy atom. The molecule has 2 nitrogen and oxygen atoms in total. The zero-order valence-corrected chi connectivity index (χ0v) is 10.8. The van der Waals surface area contributed by atoms with Crippen LogP contribution in [0.15, 0.2) is 0 Å². The fourth-order valence-electron chi connectivity index (χ4n) is 3.73. The maximum Gasteiger partial charge on any atom is 0.153 e. The second kappa shape index (κ2) is 4.87. The molecule has 1 saturated carbocycles. The number of carbonyl (C=O) groups is 1. The first-order chi connectivity index (χ1) is 7.71. The molecule has 0 unspecified atom stereocenters. The Hall–Kier alpha value is -0.370. The highest BCUT2D eigenvalue weighted by Gasteiger charge is 2.51. The number of nitrogens with zero attached hydrogens (tertiary/aromatic N) is 1. The predicted octanol–water partition coefficient (Wildman–Crippen LogP) is 3.01. The maximum atomic E-state index is 12.4. The first kappa shape index (κ1) is 12.1. The van der Waals surface area contributed by atoms with Gasteiger partial charge in [0, 0.05) is 6.42 Å². The number of rotatable bonds is 3. The van der Waals surface area contributed by atoms with Gasteiger partial charge in [-0.3, -0.25) is 9.69 Å². The van der Waals surface area contributed by atoms with Crippen LogP contribution < -0.4 is 0 Å². The van der Waals surface area contributed by atoms with E-state index >= 15 is 0 Å². The highest BCUT2D eigenvalue weighted by atomic mass is 16.1. The summed E-state index contributed by atoms with van der Waals surface area (Å²) < 4.78 is 0. The third kappa shape index (κ3) is 1.81. The van der Waals surface area contributed by atoms with E-state index in [0.29, 0.717) is 11.7 Å². The van der Waals surface area contributed by atoms with Crippen molar-refractivity contribution in [1.29, 1.82) is 0 Å². The average Bonchev–Trinajstić information content (AvgIpc) is 2.68. The molecule has 16 heavy (non-hydrogen) atoms. The summed E-state index contributed by atoms with van der Waals surface area (Å²) in [6.45, 7) is 6.80. The summed E-state index contributed by atoms with van der Waals surface area (Å²) in [7, 11) is 0. The number of unbranched alkanes of at least 4 members (excludes halogenated alkanes) is 1. The van der Waals surface area contributed by atoms with Crippen LogP contribution in [0.25, 0.3) is 0 Å². The van der Waals surface area contributed by atoms with E-state index in [1.165, 1.54) is 25.7 Å². The van der Waals surface area contributed by atoms with Crippen molar-refractivity contribution in [3.05, 3.63) is 0 Å². The molecule has 2 aliphatic rings. The highest BCUT2D eigenvalue weighted by molar-refractivity contribution is 5.89. The van der Waals surface area contributed by atoms with Gasteiger partial charge in [-0.2, -0.15) is 0 Å². The van der Waals surface area contributed by atoms with E-state index in [0.717, 1.165) is 32.4 Å². The molecule has 2 rings (SSSR count). The molecular formula is C14H25NO. The monoisotopic (exact) mass is 223 g/mol. The first-order valence-electron chi connectivity index (χ1n) is 7.00. The van der Waals surface area contributed by atoms with Gasteiger partial charge in [0.1, 0.15) is 0 Å². The molecular weight excluding hydrogens is 198 g/mol. The zero-order chi connectivity index (χ0) is 11.6. The van der Waals surface area contributed by atoms with E-state index in [4.69, 9.17) is 0 Å². The minimum Gasteiger partial charge on any atom is -0.298 e. The number of hydrogen-bond acceptors (Lipinski definition) is 2. The van der Waals surface area contributed by atoms with Crippen LogP contribution in [0.5, 0.6) is 0 Å². The molecule has 1 spiro atoms. The van der Waals surface area contributed by atoms with Crippen molar-refractivity contribution in [3.8, 4) is 0 Å². The lowest BCUT2D eigenvalue weighted by molar-refractivity contribution is -0.136. The Bertz CT molecular complexity index is 263. The predicted molar refractivity (Wildman–Crippen MR) is 66.5 cm³/mol. The van der Waals surface area contributed by atoms with Crippen molar-refractivity contribution in [2.24, 2.45) is 5.92 Å². The molecule has 0 aromatic heterocycles. The summed E-state index contributed by atoms with van der Waals surface area (Å²) in [6, 6.07) is 0. The first-order valence-corrected chi connectivity index (χ1v) is 7.00. The summed E-state index contributed by atoms with van der Waals surface area (Å²) >= 11 is 0.